The van der Waals surface area contributed by atoms with E-state index in [-0.39, 0.29) is 132 Å². The normalized spacial score (nSPS) is 49.8. The first-order chi connectivity index (χ1) is 47.7. The van der Waals surface area contributed by atoms with Crippen molar-refractivity contribution < 1.29 is 59.5 Å². The van der Waals surface area contributed by atoms with Crippen LogP contribution in [0, 0.1) is 151 Å². The van der Waals surface area contributed by atoms with Crippen LogP contribution in [0.4, 0.5) is 0 Å². The molecule has 13 fully saturated rings. The summed E-state index contributed by atoms with van der Waals surface area (Å²) in [5.41, 5.74) is 7.68. The Labute approximate surface area is 666 Å². The van der Waals surface area contributed by atoms with Crippen LogP contribution in [0.5, 0.6) is 0 Å². The van der Waals surface area contributed by atoms with Gasteiger partial charge in [0.05, 0.1) is 24.7 Å². The minimum absolute atomic E-state index is 0. The molecule has 0 radical (unpaired) electrons. The zero-order chi connectivity index (χ0) is 75.2. The van der Waals surface area contributed by atoms with E-state index >= 15 is 0 Å². The van der Waals surface area contributed by atoms with Gasteiger partial charge in [-0.3, -0.25) is 9.59 Å². The molecule has 15 aliphatic carbocycles. The number of fused-ring (bicyclic) bond motifs is 21. The second kappa shape index (κ2) is 27.9. The van der Waals surface area contributed by atoms with Gasteiger partial charge in [-0.05, 0) is 328 Å². The smallest absolute Gasteiger partial charge is 1.00 e. The summed E-state index contributed by atoms with van der Waals surface area (Å²) in [4.78, 5) is 38.8. The first kappa shape index (κ1) is 84.9. The summed E-state index contributed by atoms with van der Waals surface area (Å²) < 4.78 is 10.4. The standard InChI is InChI=1S/C31H50O3.C30H50O2.C30H46O2.C4H8O.Al.Li.4H/c1-26(2)15-17-31(25(33)34-8)18-16-29(6)20(21(31)19-26)9-10-23-28(5)13-12-24(32)27(3,4)22(28)11-14-30(23,29)7;2*1-25(2)14-16-30(19-31)17-15-28(6)20(21(30)18-25)8-9-23-27(5)12-11-24(32)26(3,4)22(27)10-13-29(23,28)7;1-2-4-5-3-1;;;;;;/h9,21-24,32H,10-19H2,1-8H3;8,21-24,31-32H,9-19H2,1-7H3;8,19,21-23H,9-18H2,1-7H3;1-4H2;;;;;;/q;;;;;+1;;;;-1/t21-,22?,23?,24-,28-,29-,30+,31?;21-,22?,23?,24-,27-,28-,29+,30?;21-,22?,23?,27-,28-,29+,30+;;;;;;;/m000......./s1. The van der Waals surface area contributed by atoms with Gasteiger partial charge in [0, 0.05) is 42.5 Å². The summed E-state index contributed by atoms with van der Waals surface area (Å²) >= 11 is 0. The van der Waals surface area contributed by atoms with E-state index in [9.17, 15) is 29.7 Å². The largest absolute Gasteiger partial charge is 1.00 e. The molecular weight excluding hydrogens is 1300 g/mol. The van der Waals surface area contributed by atoms with Crippen molar-refractivity contribution in [3.05, 3.63) is 34.9 Å². The van der Waals surface area contributed by atoms with Crippen LogP contribution in [-0.2, 0) is 23.9 Å². The van der Waals surface area contributed by atoms with E-state index in [1.54, 1.807) is 23.8 Å². The molecule has 1 saturated heterocycles. The number of aliphatic hydroxyl groups excluding tert-OH is 3. The van der Waals surface area contributed by atoms with Crippen molar-refractivity contribution >= 4 is 35.4 Å². The molecule has 0 aromatic heterocycles. The van der Waals surface area contributed by atoms with Crippen molar-refractivity contribution in [3.63, 3.8) is 0 Å². The van der Waals surface area contributed by atoms with E-state index in [1.807, 2.05) is 0 Å². The fraction of sp³-hybridized carbons (Fsp3) is 0.905. The second-order valence-corrected chi connectivity index (χ2v) is 46.4. The summed E-state index contributed by atoms with van der Waals surface area (Å²) in [5.74, 6) is 5.49. The fourth-order valence-corrected chi connectivity index (χ4v) is 32.2. The maximum atomic E-state index is 13.3. The van der Waals surface area contributed by atoms with Gasteiger partial charge in [-0.15, -0.1) is 0 Å². The Hall–Kier alpha value is -1.00. The van der Waals surface area contributed by atoms with Crippen molar-refractivity contribution in [1.82, 2.24) is 0 Å². The average Bonchev–Trinajstić information content (AvgIpc) is 0.706. The van der Waals surface area contributed by atoms with Crippen LogP contribution in [0.1, 0.15) is 352 Å². The Morgan fingerprint density at radius 1 is 0.476 bits per heavy atom. The van der Waals surface area contributed by atoms with Crippen LogP contribution in [0.2, 0.25) is 0 Å². The molecule has 0 aromatic rings. The van der Waals surface area contributed by atoms with Gasteiger partial charge in [0.2, 0.25) is 0 Å². The number of rotatable bonds is 3. The molecule has 0 aromatic carbocycles. The van der Waals surface area contributed by atoms with Gasteiger partial charge in [-0.1, -0.05) is 180 Å². The maximum absolute atomic E-state index is 13.3. The van der Waals surface area contributed by atoms with Gasteiger partial charge in [0.25, 0.3) is 0 Å². The van der Waals surface area contributed by atoms with Gasteiger partial charge in [0.15, 0.2) is 17.4 Å². The van der Waals surface area contributed by atoms with Crippen LogP contribution >= 0.6 is 0 Å². The summed E-state index contributed by atoms with van der Waals surface area (Å²) in [6.45, 7) is 54.0. The van der Waals surface area contributed by atoms with Crippen LogP contribution in [0.25, 0.3) is 0 Å². The molecule has 1 aliphatic heterocycles. The maximum Gasteiger partial charge on any atom is 1.00 e. The number of Topliss-reactive ketones (excluding diaryl/α,β-unsaturated/α-hetero) is 1. The van der Waals surface area contributed by atoms with Crippen molar-refractivity contribution in [2.45, 2.75) is 363 Å². The molecule has 8 unspecified atom stereocenters. The van der Waals surface area contributed by atoms with Crippen LogP contribution in [0.3, 0.4) is 0 Å². The molecule has 16 aliphatic rings. The topological polar surface area (TPSA) is 130 Å². The molecular formula is C95H158AlLiO8. The van der Waals surface area contributed by atoms with E-state index in [0.717, 1.165) is 116 Å². The van der Waals surface area contributed by atoms with Crippen molar-refractivity contribution in [2.24, 2.45) is 151 Å². The summed E-state index contributed by atoms with van der Waals surface area (Å²) in [7, 11) is 1.59. The van der Waals surface area contributed by atoms with Gasteiger partial charge < -0.3 is 31.0 Å². The molecule has 8 nitrogen and oxygen atoms in total. The van der Waals surface area contributed by atoms with Crippen molar-refractivity contribution in [2.75, 3.05) is 26.9 Å². The van der Waals surface area contributed by atoms with Crippen LogP contribution < -0.4 is 18.9 Å². The minimum Gasteiger partial charge on any atom is -1.00 e. The Balaban J connectivity index is 0.000000162. The number of carbonyl (C=O) groups excluding carboxylic acids is 3. The molecule has 0 bridgehead atoms. The minimum atomic E-state index is -0.323. The third-order valence-corrected chi connectivity index (χ3v) is 39.8. The molecule has 10 heteroatoms. The molecule has 0 spiro atoms. The van der Waals surface area contributed by atoms with E-state index in [2.05, 4.69) is 164 Å². The number of allylic oxidation sites excluding steroid dienone is 6. The van der Waals surface area contributed by atoms with Crippen molar-refractivity contribution in [3.8, 4) is 0 Å². The second-order valence-electron chi connectivity index (χ2n) is 46.4. The Morgan fingerprint density at radius 2 is 0.848 bits per heavy atom. The predicted octanol–water partition coefficient (Wildman–Crippen LogP) is 18.7. The zero-order valence-electron chi connectivity index (χ0n) is 72.3. The van der Waals surface area contributed by atoms with E-state index < -0.39 is 0 Å². The molecule has 3 N–H and O–H groups in total. The number of hydrogen-bond donors (Lipinski definition) is 3. The molecule has 23 atom stereocenters. The molecule has 16 rings (SSSR count). The van der Waals surface area contributed by atoms with E-state index in [4.69, 9.17) is 9.47 Å². The number of aldehydes is 1. The first-order valence-electron chi connectivity index (χ1n) is 43.4. The predicted molar refractivity (Wildman–Crippen MR) is 430 cm³/mol. The number of aliphatic hydroxyl groups is 3. The molecule has 0 amide bonds. The number of ether oxygens (including phenoxy) is 2. The third kappa shape index (κ3) is 12.4. The van der Waals surface area contributed by atoms with Gasteiger partial charge >= 0.3 is 24.8 Å². The fourth-order valence-electron chi connectivity index (χ4n) is 32.2. The molecule has 1 heterocycles. The number of methoxy groups -OCH3 is 1. The average molecular weight is 1460 g/mol. The first-order valence-corrected chi connectivity index (χ1v) is 43.4. The Kier molecular flexibility index (Phi) is 22.6. The zero-order valence-corrected chi connectivity index (χ0v) is 71.3. The number of carbonyl (C=O) groups is 3. The molecule has 590 valence electrons. The number of ketones is 1. The summed E-state index contributed by atoms with van der Waals surface area (Å²) in [6, 6.07) is 0. The van der Waals surface area contributed by atoms with Gasteiger partial charge in [0.1, 0.15) is 12.1 Å². The van der Waals surface area contributed by atoms with Gasteiger partial charge in [-0.25, -0.2) is 0 Å². The van der Waals surface area contributed by atoms with Gasteiger partial charge in [-0.2, -0.15) is 0 Å². The Morgan fingerprint density at radius 3 is 1.30 bits per heavy atom. The summed E-state index contributed by atoms with van der Waals surface area (Å²) in [5, 5.41) is 32.4. The summed E-state index contributed by atoms with van der Waals surface area (Å²) in [6.07, 6.45) is 45.5. The van der Waals surface area contributed by atoms with Crippen molar-refractivity contribution in [1.29, 1.82) is 0 Å². The molecule has 105 heavy (non-hydrogen) atoms. The third-order valence-electron chi connectivity index (χ3n) is 39.8. The van der Waals surface area contributed by atoms with E-state index in [0.29, 0.717) is 87.3 Å². The van der Waals surface area contributed by atoms with Crippen LogP contribution in [0.15, 0.2) is 34.9 Å². The SMILES string of the molecule is C1CCOC1.CC1(C)CCC2(CO)CC[C@@]3(C)C(=CCC4[C@@]5(C)CC[C@H](O)C(C)(C)C5CC[C@]43C)[C@@H]2C1.CC1(C)CC[C@]2(C=O)CC[C@@]3(C)C(=CCC4[C@@]5(C)CCC(=O)C(C)(C)C5CC[C@]43C)[C@@H]2C1.COC(=O)C12CCC(C)(C)C[C@H]1C1=CCC3[C@@]4(C)CC[C@H](O)C(C)(C)C4CC[C@@]3(C)[C@@]1(C)CC2.[AlH3].[H-].[Li+]. The Bertz CT molecular complexity index is 3370. The number of esters is 1. The molecule has 12 saturated carbocycles. The number of hydrogen-bond acceptors (Lipinski definition) is 8. The monoisotopic (exact) mass is 1460 g/mol. The van der Waals surface area contributed by atoms with E-state index in [1.165, 1.54) is 109 Å². The quantitative estimate of drug-likeness (QED) is 0.110. The van der Waals surface area contributed by atoms with Crippen LogP contribution in [-0.4, -0.2) is 89.9 Å².